The number of rotatable bonds is 6. The van der Waals surface area contributed by atoms with Gasteiger partial charge in [0.2, 0.25) is 10.0 Å². The Morgan fingerprint density at radius 2 is 1.96 bits per heavy atom. The van der Waals surface area contributed by atoms with Crippen LogP contribution in [0.2, 0.25) is 5.15 Å². The predicted molar refractivity (Wildman–Crippen MR) is 93.7 cm³/mol. The Balaban J connectivity index is 2.20. The SMILES string of the molecule is CCCS(=O)(=O)Nc1ccc(F)c(NC(=O)Nc2cc(Cl)ncn2)c1F. The van der Waals surface area contributed by atoms with Gasteiger partial charge in [0, 0.05) is 6.07 Å². The van der Waals surface area contributed by atoms with Gasteiger partial charge in [0.05, 0.1) is 11.4 Å². The van der Waals surface area contributed by atoms with Crippen LogP contribution in [0.4, 0.5) is 30.8 Å². The number of carbonyl (C=O) groups excluding carboxylic acids is 1. The van der Waals surface area contributed by atoms with Gasteiger partial charge >= 0.3 is 6.03 Å². The summed E-state index contributed by atoms with van der Waals surface area (Å²) in [5.41, 5.74) is -1.31. The molecule has 1 heterocycles. The zero-order valence-corrected chi connectivity index (χ0v) is 15.0. The van der Waals surface area contributed by atoms with Crippen LogP contribution >= 0.6 is 11.6 Å². The number of urea groups is 1. The van der Waals surface area contributed by atoms with Gasteiger partial charge in [0.25, 0.3) is 0 Å². The largest absolute Gasteiger partial charge is 0.325 e. The maximum atomic E-state index is 14.4. The molecule has 12 heteroatoms. The first-order valence-electron chi connectivity index (χ1n) is 7.26. The Morgan fingerprint density at radius 3 is 2.62 bits per heavy atom. The standard InChI is InChI=1S/C14H14ClF2N5O3S/c1-2-5-26(24,25)22-9-4-3-8(16)13(12(9)17)21-14(23)20-11-6-10(15)18-7-19-11/h3-4,6-7,22H,2,5H2,1H3,(H2,18,19,20,21,23). The van der Waals surface area contributed by atoms with E-state index < -0.39 is 39.1 Å². The maximum absolute atomic E-state index is 14.4. The second-order valence-corrected chi connectivity index (χ2v) is 7.24. The third-order valence-corrected chi connectivity index (χ3v) is 4.63. The van der Waals surface area contributed by atoms with Crippen LogP contribution < -0.4 is 15.4 Å². The van der Waals surface area contributed by atoms with Crippen molar-refractivity contribution in [3.63, 3.8) is 0 Å². The van der Waals surface area contributed by atoms with Crippen LogP contribution in [0.1, 0.15) is 13.3 Å². The van der Waals surface area contributed by atoms with Gasteiger partial charge in [-0.15, -0.1) is 0 Å². The highest BCUT2D eigenvalue weighted by Crippen LogP contribution is 2.27. The molecule has 1 aromatic heterocycles. The average Bonchev–Trinajstić information content (AvgIpc) is 2.54. The summed E-state index contributed by atoms with van der Waals surface area (Å²) in [7, 11) is -3.79. The van der Waals surface area contributed by atoms with Gasteiger partial charge in [-0.2, -0.15) is 0 Å². The van der Waals surface area contributed by atoms with Crippen molar-refractivity contribution >= 4 is 44.8 Å². The Bertz CT molecular complexity index is 927. The van der Waals surface area contributed by atoms with E-state index in [1.54, 1.807) is 6.92 Å². The first-order valence-corrected chi connectivity index (χ1v) is 9.29. The minimum absolute atomic E-state index is 0.00289. The summed E-state index contributed by atoms with van der Waals surface area (Å²) < 4.78 is 53.8. The van der Waals surface area contributed by atoms with Crippen molar-refractivity contribution in [2.24, 2.45) is 0 Å². The molecule has 2 rings (SSSR count). The lowest BCUT2D eigenvalue weighted by Crippen LogP contribution is -2.22. The predicted octanol–water partition coefficient (Wildman–Crippen LogP) is 3.20. The molecule has 26 heavy (non-hydrogen) atoms. The number of hydrogen-bond acceptors (Lipinski definition) is 5. The van der Waals surface area contributed by atoms with E-state index in [0.717, 1.165) is 18.5 Å². The Kier molecular flexibility index (Phi) is 6.27. The highest BCUT2D eigenvalue weighted by molar-refractivity contribution is 7.92. The van der Waals surface area contributed by atoms with Gasteiger partial charge in [0.1, 0.15) is 28.8 Å². The number of hydrogen-bond donors (Lipinski definition) is 3. The monoisotopic (exact) mass is 405 g/mol. The quantitative estimate of drug-likeness (QED) is 0.639. The summed E-state index contributed by atoms with van der Waals surface area (Å²) in [6.07, 6.45) is 1.40. The molecule has 0 bridgehead atoms. The number of benzene rings is 1. The van der Waals surface area contributed by atoms with Gasteiger partial charge in [-0.05, 0) is 18.6 Å². The van der Waals surface area contributed by atoms with Crippen LogP contribution in [0.3, 0.4) is 0 Å². The summed E-state index contributed by atoms with van der Waals surface area (Å²) in [5, 5.41) is 4.24. The lowest BCUT2D eigenvalue weighted by Gasteiger charge is -2.13. The van der Waals surface area contributed by atoms with Crippen LogP contribution in [-0.4, -0.2) is 30.2 Å². The molecule has 8 nitrogen and oxygen atoms in total. The number of aromatic nitrogens is 2. The summed E-state index contributed by atoms with van der Waals surface area (Å²) in [6, 6.07) is 1.96. The molecule has 2 aromatic rings. The molecular weight excluding hydrogens is 392 g/mol. The van der Waals surface area contributed by atoms with Crippen LogP contribution in [-0.2, 0) is 10.0 Å². The van der Waals surface area contributed by atoms with Gasteiger partial charge in [-0.25, -0.2) is 32.0 Å². The third kappa shape index (κ3) is 5.23. The van der Waals surface area contributed by atoms with E-state index in [2.05, 4.69) is 15.3 Å². The van der Waals surface area contributed by atoms with E-state index in [0.29, 0.717) is 6.42 Å². The van der Waals surface area contributed by atoms with Crippen molar-refractivity contribution < 1.29 is 22.0 Å². The Labute approximate surface area is 153 Å². The summed E-state index contributed by atoms with van der Waals surface area (Å²) in [5.74, 6) is -2.58. The van der Waals surface area contributed by atoms with Gasteiger partial charge in [-0.1, -0.05) is 18.5 Å². The van der Waals surface area contributed by atoms with E-state index in [9.17, 15) is 22.0 Å². The zero-order chi connectivity index (χ0) is 19.3. The molecule has 0 aliphatic heterocycles. The molecule has 0 unspecified atom stereocenters. The van der Waals surface area contributed by atoms with Crippen LogP contribution in [0, 0.1) is 11.6 Å². The number of carbonyl (C=O) groups is 1. The lowest BCUT2D eigenvalue weighted by molar-refractivity contribution is 0.262. The maximum Gasteiger partial charge on any atom is 0.325 e. The normalized spacial score (nSPS) is 11.1. The second kappa shape index (κ2) is 8.23. The van der Waals surface area contributed by atoms with E-state index in [1.165, 1.54) is 6.07 Å². The number of nitrogens with one attached hydrogen (secondary N) is 3. The molecule has 0 spiro atoms. The fourth-order valence-electron chi connectivity index (χ4n) is 1.90. The average molecular weight is 406 g/mol. The zero-order valence-electron chi connectivity index (χ0n) is 13.4. The number of nitrogens with zero attached hydrogens (tertiary/aromatic N) is 2. The fourth-order valence-corrected chi connectivity index (χ4v) is 3.18. The van der Waals surface area contributed by atoms with Crippen molar-refractivity contribution in [3.8, 4) is 0 Å². The van der Waals surface area contributed by atoms with E-state index in [-0.39, 0.29) is 16.7 Å². The van der Waals surface area contributed by atoms with Gasteiger partial charge in [-0.3, -0.25) is 10.0 Å². The van der Waals surface area contributed by atoms with Crippen molar-refractivity contribution in [1.29, 1.82) is 0 Å². The second-order valence-electron chi connectivity index (χ2n) is 5.01. The molecule has 1 aromatic carbocycles. The molecular formula is C14H14ClF2N5O3S. The number of anilines is 3. The summed E-state index contributed by atoms with van der Waals surface area (Å²) >= 11 is 5.64. The fraction of sp³-hybridized carbons (Fsp3) is 0.214. The molecule has 0 saturated heterocycles. The molecule has 0 fully saturated rings. The van der Waals surface area contributed by atoms with E-state index >= 15 is 0 Å². The van der Waals surface area contributed by atoms with Crippen molar-refractivity contribution in [1.82, 2.24) is 9.97 Å². The van der Waals surface area contributed by atoms with E-state index in [1.807, 2.05) is 10.0 Å². The molecule has 0 radical (unpaired) electrons. The first kappa shape index (κ1) is 19.8. The third-order valence-electron chi connectivity index (χ3n) is 2.94. The number of sulfonamides is 1. The minimum Gasteiger partial charge on any atom is -0.302 e. The number of amides is 2. The Morgan fingerprint density at radius 1 is 1.23 bits per heavy atom. The molecule has 0 aliphatic carbocycles. The van der Waals surface area contributed by atoms with Gasteiger partial charge < -0.3 is 5.32 Å². The van der Waals surface area contributed by atoms with Crippen molar-refractivity contribution in [2.45, 2.75) is 13.3 Å². The molecule has 3 N–H and O–H groups in total. The summed E-state index contributed by atoms with van der Waals surface area (Å²) in [6.45, 7) is 1.64. The smallest absolute Gasteiger partial charge is 0.302 e. The molecule has 0 saturated carbocycles. The molecule has 140 valence electrons. The highest BCUT2D eigenvalue weighted by Gasteiger charge is 2.19. The molecule has 0 aliphatic rings. The topological polar surface area (TPSA) is 113 Å². The van der Waals surface area contributed by atoms with E-state index in [4.69, 9.17) is 11.6 Å². The molecule has 2 amide bonds. The lowest BCUT2D eigenvalue weighted by atomic mass is 10.2. The highest BCUT2D eigenvalue weighted by atomic mass is 35.5. The minimum atomic E-state index is -3.79. The molecule has 0 atom stereocenters. The van der Waals surface area contributed by atoms with Crippen molar-refractivity contribution in [3.05, 3.63) is 41.3 Å². The van der Waals surface area contributed by atoms with Crippen LogP contribution in [0.5, 0.6) is 0 Å². The van der Waals surface area contributed by atoms with Crippen LogP contribution in [0.25, 0.3) is 0 Å². The Hall–Kier alpha value is -2.53. The first-order chi connectivity index (χ1) is 12.2. The summed E-state index contributed by atoms with van der Waals surface area (Å²) in [4.78, 5) is 19.2. The number of halogens is 3. The van der Waals surface area contributed by atoms with Crippen molar-refractivity contribution in [2.75, 3.05) is 21.1 Å². The van der Waals surface area contributed by atoms with Gasteiger partial charge in [0.15, 0.2) is 5.82 Å². The van der Waals surface area contributed by atoms with Crippen LogP contribution in [0.15, 0.2) is 24.5 Å².